The van der Waals surface area contributed by atoms with Gasteiger partial charge in [0.2, 0.25) is 5.91 Å². The molecule has 0 aromatic heterocycles. The van der Waals surface area contributed by atoms with Gasteiger partial charge in [-0.1, -0.05) is 13.8 Å². The minimum atomic E-state index is -3.09. The lowest BCUT2D eigenvalue weighted by atomic mass is 10.0. The highest BCUT2D eigenvalue weighted by Crippen LogP contribution is 2.22. The second-order valence-electron chi connectivity index (χ2n) is 6.41. The Morgan fingerprint density at radius 1 is 1.33 bits per heavy atom. The first-order valence-corrected chi connectivity index (χ1v) is 8.79. The molecule has 1 unspecified atom stereocenters. The van der Waals surface area contributed by atoms with Gasteiger partial charge in [-0.05, 0) is 19.3 Å². The molecule has 0 spiro atoms. The second-order valence-corrected chi connectivity index (χ2v) is 8.59. The highest BCUT2D eigenvalue weighted by atomic mass is 32.2. The molecule has 1 rings (SSSR count). The molecule has 1 amide bonds. The predicted octanol–water partition coefficient (Wildman–Crippen LogP) is -0.278. The van der Waals surface area contributed by atoms with Crippen LogP contribution in [0.15, 0.2) is 0 Å². The van der Waals surface area contributed by atoms with Crippen molar-refractivity contribution in [2.45, 2.75) is 32.7 Å². The first kappa shape index (κ1) is 17.9. The fourth-order valence-electron chi connectivity index (χ4n) is 2.58. The standard InChI is InChI=1S/C13H24N2O5S/c1-10(2)6-15(8-12(17)18)7-11(16)14-13(3)4-5-21(19,20)9-13/h10H,4-9H2,1-3H3,(H,14,16)(H,17,18). The molecule has 0 aromatic rings. The van der Waals surface area contributed by atoms with Crippen molar-refractivity contribution in [1.29, 1.82) is 0 Å². The van der Waals surface area contributed by atoms with Crippen LogP contribution in [0.3, 0.4) is 0 Å². The Morgan fingerprint density at radius 2 is 1.95 bits per heavy atom. The number of carboxylic acid groups (broad SMARTS) is 1. The third-order valence-corrected chi connectivity index (χ3v) is 5.20. The molecule has 2 N–H and O–H groups in total. The molecule has 7 nitrogen and oxygen atoms in total. The predicted molar refractivity (Wildman–Crippen MR) is 78.7 cm³/mol. The average molecular weight is 320 g/mol. The number of carboxylic acids is 1. The normalized spacial score (nSPS) is 24.4. The molecule has 0 bridgehead atoms. The van der Waals surface area contributed by atoms with Crippen LogP contribution in [0, 0.1) is 5.92 Å². The summed E-state index contributed by atoms with van der Waals surface area (Å²) in [6, 6.07) is 0. The van der Waals surface area contributed by atoms with Crippen molar-refractivity contribution in [2.24, 2.45) is 5.92 Å². The Hall–Kier alpha value is -1.15. The van der Waals surface area contributed by atoms with Gasteiger partial charge in [0.25, 0.3) is 0 Å². The third kappa shape index (κ3) is 6.43. The van der Waals surface area contributed by atoms with Crippen LogP contribution in [0.5, 0.6) is 0 Å². The number of hydrogen-bond acceptors (Lipinski definition) is 5. The Labute approximate surface area is 125 Å². The summed E-state index contributed by atoms with van der Waals surface area (Å²) >= 11 is 0. The topological polar surface area (TPSA) is 104 Å². The number of sulfone groups is 1. The first-order chi connectivity index (χ1) is 9.51. The summed E-state index contributed by atoms with van der Waals surface area (Å²) in [5.41, 5.74) is -0.747. The van der Waals surface area contributed by atoms with Crippen LogP contribution in [-0.2, 0) is 19.4 Å². The molecular formula is C13H24N2O5S. The minimum absolute atomic E-state index is 0.0415. The summed E-state index contributed by atoms with van der Waals surface area (Å²) in [6.07, 6.45) is 0.393. The number of carbonyl (C=O) groups is 2. The zero-order valence-corrected chi connectivity index (χ0v) is 13.6. The molecule has 1 atom stereocenters. The van der Waals surface area contributed by atoms with Gasteiger partial charge in [0.15, 0.2) is 9.84 Å². The molecule has 1 aliphatic heterocycles. The highest BCUT2D eigenvalue weighted by Gasteiger charge is 2.39. The van der Waals surface area contributed by atoms with Gasteiger partial charge in [-0.25, -0.2) is 8.42 Å². The van der Waals surface area contributed by atoms with Crippen LogP contribution < -0.4 is 5.32 Å². The Bertz CT molecular complexity index is 503. The molecular weight excluding hydrogens is 296 g/mol. The van der Waals surface area contributed by atoms with E-state index in [4.69, 9.17) is 5.11 Å². The van der Waals surface area contributed by atoms with Crippen molar-refractivity contribution in [3.63, 3.8) is 0 Å². The van der Waals surface area contributed by atoms with Crippen molar-refractivity contribution in [3.05, 3.63) is 0 Å². The summed E-state index contributed by atoms with van der Waals surface area (Å²) < 4.78 is 23.0. The third-order valence-electron chi connectivity index (χ3n) is 3.29. The fourth-order valence-corrected chi connectivity index (χ4v) is 4.67. The second kappa shape index (κ2) is 6.74. The van der Waals surface area contributed by atoms with E-state index in [1.54, 1.807) is 11.8 Å². The zero-order chi connectivity index (χ0) is 16.3. The molecule has 1 heterocycles. The molecule has 1 saturated heterocycles. The quantitative estimate of drug-likeness (QED) is 0.669. The maximum Gasteiger partial charge on any atom is 0.317 e. The van der Waals surface area contributed by atoms with E-state index < -0.39 is 21.3 Å². The van der Waals surface area contributed by atoms with Crippen LogP contribution in [-0.4, -0.2) is 67.0 Å². The van der Waals surface area contributed by atoms with Crippen molar-refractivity contribution >= 4 is 21.7 Å². The summed E-state index contributed by atoms with van der Waals surface area (Å²) in [5.74, 6) is -1.07. The molecule has 0 aromatic carbocycles. The van der Waals surface area contributed by atoms with Crippen molar-refractivity contribution in [1.82, 2.24) is 10.2 Å². The minimum Gasteiger partial charge on any atom is -0.480 e. The first-order valence-electron chi connectivity index (χ1n) is 6.97. The monoisotopic (exact) mass is 320 g/mol. The van der Waals surface area contributed by atoms with E-state index in [0.717, 1.165) is 0 Å². The summed E-state index contributed by atoms with van der Waals surface area (Å²) in [4.78, 5) is 24.4. The number of nitrogens with one attached hydrogen (secondary N) is 1. The van der Waals surface area contributed by atoms with Gasteiger partial charge in [0.1, 0.15) is 0 Å². The van der Waals surface area contributed by atoms with Crippen LogP contribution >= 0.6 is 0 Å². The number of rotatable bonds is 7. The lowest BCUT2D eigenvalue weighted by molar-refractivity contribution is -0.138. The van der Waals surface area contributed by atoms with Crippen LogP contribution in [0.2, 0.25) is 0 Å². The highest BCUT2D eigenvalue weighted by molar-refractivity contribution is 7.91. The molecule has 0 radical (unpaired) electrons. The Morgan fingerprint density at radius 3 is 2.38 bits per heavy atom. The van der Waals surface area contributed by atoms with E-state index in [-0.39, 0.29) is 36.4 Å². The summed E-state index contributed by atoms with van der Waals surface area (Å²) in [6.45, 7) is 5.84. The van der Waals surface area contributed by atoms with Crippen molar-refractivity contribution < 1.29 is 23.1 Å². The van der Waals surface area contributed by atoms with Crippen LogP contribution in [0.25, 0.3) is 0 Å². The summed E-state index contributed by atoms with van der Waals surface area (Å²) in [5, 5.41) is 11.6. The van der Waals surface area contributed by atoms with E-state index in [1.165, 1.54) is 0 Å². The fraction of sp³-hybridized carbons (Fsp3) is 0.846. The molecule has 21 heavy (non-hydrogen) atoms. The van der Waals surface area contributed by atoms with Gasteiger partial charge >= 0.3 is 5.97 Å². The molecule has 8 heteroatoms. The van der Waals surface area contributed by atoms with E-state index in [0.29, 0.717) is 13.0 Å². The zero-order valence-electron chi connectivity index (χ0n) is 12.8. The molecule has 1 aliphatic rings. The Balaban J connectivity index is 2.59. The van der Waals surface area contributed by atoms with E-state index in [9.17, 15) is 18.0 Å². The largest absolute Gasteiger partial charge is 0.480 e. The molecule has 0 saturated carbocycles. The number of hydrogen-bond donors (Lipinski definition) is 2. The summed E-state index contributed by atoms with van der Waals surface area (Å²) in [7, 11) is -3.09. The van der Waals surface area contributed by atoms with Crippen molar-refractivity contribution in [3.8, 4) is 0 Å². The lowest BCUT2D eigenvalue weighted by Gasteiger charge is -2.27. The van der Waals surface area contributed by atoms with E-state index in [1.807, 2.05) is 13.8 Å². The van der Waals surface area contributed by atoms with Crippen molar-refractivity contribution in [2.75, 3.05) is 31.1 Å². The van der Waals surface area contributed by atoms with Crippen LogP contribution in [0.1, 0.15) is 27.2 Å². The van der Waals surface area contributed by atoms with Gasteiger partial charge in [0.05, 0.1) is 30.1 Å². The number of nitrogens with zero attached hydrogens (tertiary/aromatic N) is 1. The van der Waals surface area contributed by atoms with Gasteiger partial charge in [-0.15, -0.1) is 0 Å². The maximum absolute atomic E-state index is 12.0. The number of aliphatic carboxylic acids is 1. The van der Waals surface area contributed by atoms with E-state index >= 15 is 0 Å². The van der Waals surface area contributed by atoms with E-state index in [2.05, 4.69) is 5.32 Å². The number of amides is 1. The van der Waals surface area contributed by atoms with Crippen LogP contribution in [0.4, 0.5) is 0 Å². The SMILES string of the molecule is CC(C)CN(CC(=O)O)CC(=O)NC1(C)CCS(=O)(=O)C1. The average Bonchev–Trinajstić information content (AvgIpc) is 2.49. The maximum atomic E-state index is 12.0. The Kier molecular flexibility index (Phi) is 5.75. The molecule has 122 valence electrons. The van der Waals surface area contributed by atoms with Gasteiger partial charge < -0.3 is 10.4 Å². The van der Waals surface area contributed by atoms with Gasteiger partial charge in [0, 0.05) is 6.54 Å². The smallest absolute Gasteiger partial charge is 0.317 e. The van der Waals surface area contributed by atoms with Gasteiger partial charge in [-0.2, -0.15) is 0 Å². The lowest BCUT2D eigenvalue weighted by Crippen LogP contribution is -2.51. The molecule has 0 aliphatic carbocycles. The molecule has 1 fully saturated rings. The number of carbonyl (C=O) groups excluding carboxylic acids is 1. The van der Waals surface area contributed by atoms with Gasteiger partial charge in [-0.3, -0.25) is 14.5 Å².